The Balaban J connectivity index is 1.39. The fourth-order valence-electron chi connectivity index (χ4n) is 3.74. The highest BCUT2D eigenvalue weighted by Crippen LogP contribution is 2.40. The number of amides is 3. The van der Waals surface area contributed by atoms with Gasteiger partial charge in [0, 0.05) is 33.9 Å². The van der Waals surface area contributed by atoms with Crippen molar-refractivity contribution in [2.45, 2.75) is 22.9 Å². The lowest BCUT2D eigenvalue weighted by Crippen LogP contribution is -2.71. The maximum absolute atomic E-state index is 12.8. The normalized spacial score (nSPS) is 19.3. The topological polar surface area (TPSA) is 208 Å². The average molecular weight is 576 g/mol. The second-order valence-electron chi connectivity index (χ2n) is 7.93. The maximum atomic E-state index is 12.8. The molecule has 13 nitrogen and oxygen atoms in total. The smallest absolute Gasteiger partial charge is 0.283 e. The molecule has 2 aliphatic heterocycles. The SMILES string of the molecule is NC(=O)C[n+]1ccc(SC/C=C/C2=C(C(=O)[O-])N3C(=O)[C@@H](NC(=O)/C(=N\O)c4csc(N)n4)[C@H]3SC2)cc1. The minimum absolute atomic E-state index is 0.0494. The summed E-state index contributed by atoms with van der Waals surface area (Å²) in [6.07, 6.45) is 6.89. The van der Waals surface area contributed by atoms with E-state index in [9.17, 15) is 29.5 Å². The first-order valence-corrected chi connectivity index (χ1v) is 13.8. The third-order valence-corrected chi connectivity index (χ3v) is 8.36. The van der Waals surface area contributed by atoms with Gasteiger partial charge in [-0.05, 0) is 5.57 Å². The number of nitrogen functional groups attached to an aromatic ring is 1. The Hall–Kier alpha value is -3.89. The van der Waals surface area contributed by atoms with Gasteiger partial charge in [0.25, 0.3) is 17.7 Å². The number of hydrogen-bond acceptors (Lipinski definition) is 12. The van der Waals surface area contributed by atoms with Crippen LogP contribution in [-0.2, 0) is 25.7 Å². The molecule has 0 bridgehead atoms. The Morgan fingerprint density at radius 2 is 2.11 bits per heavy atom. The zero-order valence-corrected chi connectivity index (χ0v) is 21.9. The molecule has 1 saturated heterocycles. The van der Waals surface area contributed by atoms with E-state index in [1.807, 2.05) is 12.1 Å². The van der Waals surface area contributed by atoms with Gasteiger partial charge in [0.1, 0.15) is 17.1 Å². The van der Waals surface area contributed by atoms with Crippen LogP contribution in [0, 0.1) is 0 Å². The number of nitrogens with two attached hydrogens (primary N) is 2. The van der Waals surface area contributed by atoms with Gasteiger partial charge in [-0.15, -0.1) is 34.9 Å². The van der Waals surface area contributed by atoms with Crippen LogP contribution in [0.2, 0.25) is 0 Å². The van der Waals surface area contributed by atoms with Crippen LogP contribution in [0.25, 0.3) is 0 Å². The third kappa shape index (κ3) is 5.81. The number of β-lactam (4-membered cyclic amide) rings is 1. The number of pyridine rings is 1. The molecule has 0 saturated carbocycles. The second-order valence-corrected chi connectivity index (χ2v) is 11.0. The van der Waals surface area contributed by atoms with Crippen molar-refractivity contribution in [1.82, 2.24) is 15.2 Å². The number of carboxylic acid groups (broad SMARTS) is 1. The van der Waals surface area contributed by atoms with E-state index in [0.717, 1.165) is 21.1 Å². The Bertz CT molecular complexity index is 1370. The van der Waals surface area contributed by atoms with Gasteiger partial charge in [0.2, 0.25) is 6.54 Å². The summed E-state index contributed by atoms with van der Waals surface area (Å²) in [6, 6.07) is 2.64. The van der Waals surface area contributed by atoms with Gasteiger partial charge < -0.3 is 31.9 Å². The number of carboxylic acids is 1. The number of carbonyl (C=O) groups excluding carboxylic acids is 4. The molecule has 2 aromatic rings. The number of primary amides is 1. The van der Waals surface area contributed by atoms with E-state index in [1.165, 1.54) is 28.9 Å². The van der Waals surface area contributed by atoms with Crippen molar-refractivity contribution in [1.29, 1.82) is 0 Å². The van der Waals surface area contributed by atoms with Gasteiger partial charge in [-0.2, -0.15) is 4.57 Å². The highest BCUT2D eigenvalue weighted by molar-refractivity contribution is 8.00. The Kier molecular flexibility index (Phi) is 8.33. The molecule has 2 aliphatic rings. The van der Waals surface area contributed by atoms with Crippen LogP contribution >= 0.6 is 34.9 Å². The average Bonchev–Trinajstić information content (AvgIpc) is 3.31. The monoisotopic (exact) mass is 575 g/mol. The van der Waals surface area contributed by atoms with Crippen molar-refractivity contribution >= 4 is 69.4 Å². The summed E-state index contributed by atoms with van der Waals surface area (Å²) in [5, 5.41) is 27.6. The molecule has 4 heterocycles. The first-order chi connectivity index (χ1) is 18.2. The number of fused-ring (bicyclic) bond motifs is 1. The highest BCUT2D eigenvalue weighted by Gasteiger charge is 2.53. The molecular weight excluding hydrogens is 554 g/mol. The van der Waals surface area contributed by atoms with E-state index in [1.54, 1.807) is 29.1 Å². The second kappa shape index (κ2) is 11.7. The van der Waals surface area contributed by atoms with E-state index in [2.05, 4.69) is 15.5 Å². The largest absolute Gasteiger partial charge is 0.543 e. The van der Waals surface area contributed by atoms with Crippen LogP contribution in [-0.4, -0.2) is 67.4 Å². The molecule has 2 atom stereocenters. The van der Waals surface area contributed by atoms with Gasteiger partial charge in [-0.1, -0.05) is 17.3 Å². The lowest BCUT2D eigenvalue weighted by molar-refractivity contribution is -0.684. The van der Waals surface area contributed by atoms with E-state index in [4.69, 9.17) is 11.5 Å². The van der Waals surface area contributed by atoms with Gasteiger partial charge >= 0.3 is 0 Å². The maximum Gasteiger partial charge on any atom is 0.283 e. The molecule has 198 valence electrons. The van der Waals surface area contributed by atoms with Crippen LogP contribution in [0.1, 0.15) is 5.69 Å². The zero-order chi connectivity index (χ0) is 27.4. The van der Waals surface area contributed by atoms with E-state index in [-0.39, 0.29) is 28.8 Å². The molecule has 38 heavy (non-hydrogen) atoms. The standard InChI is InChI=1S/C22H21N7O6S3/c23-14(30)8-28-5-3-12(4-6-28)36-7-1-2-11-9-37-20-16(19(32)29(20)17(11)21(33)34)26-18(31)15(27-35)13-10-38-22(24)25-13/h1-6,10,16,20H,7-9H2,(H6-,23,24,25,26,30,31,33,34,35)/b2-1+/t16-,20-/m1/s1. The summed E-state index contributed by atoms with van der Waals surface area (Å²) >= 11 is 3.82. The number of thiazole rings is 1. The molecular formula is C22H21N7O6S3. The lowest BCUT2D eigenvalue weighted by atomic mass is 10.0. The molecule has 0 aliphatic carbocycles. The molecule has 0 spiro atoms. The number of thioether (sulfide) groups is 2. The molecule has 6 N–H and O–H groups in total. The molecule has 2 aromatic heterocycles. The van der Waals surface area contributed by atoms with E-state index >= 15 is 0 Å². The number of anilines is 1. The van der Waals surface area contributed by atoms with Crippen molar-refractivity contribution in [3.8, 4) is 0 Å². The zero-order valence-electron chi connectivity index (χ0n) is 19.5. The lowest BCUT2D eigenvalue weighted by Gasteiger charge is -2.50. The van der Waals surface area contributed by atoms with Crippen LogP contribution in [0.5, 0.6) is 0 Å². The predicted octanol–water partition coefficient (Wildman–Crippen LogP) is -1.57. The number of rotatable bonds is 10. The number of nitrogens with one attached hydrogen (secondary N) is 1. The van der Waals surface area contributed by atoms with Crippen molar-refractivity contribution < 1.29 is 34.1 Å². The summed E-state index contributed by atoms with van der Waals surface area (Å²) in [6.45, 7) is 0.0839. The molecule has 0 aromatic carbocycles. The Labute approximate surface area is 228 Å². The number of aromatic nitrogens is 2. The molecule has 3 amide bonds. The molecule has 0 unspecified atom stereocenters. The minimum Gasteiger partial charge on any atom is -0.543 e. The van der Waals surface area contributed by atoms with Gasteiger partial charge in [0.05, 0.1) is 11.7 Å². The van der Waals surface area contributed by atoms with E-state index < -0.39 is 40.8 Å². The van der Waals surface area contributed by atoms with Crippen molar-refractivity contribution in [2.24, 2.45) is 10.9 Å². The number of hydrogen-bond donors (Lipinski definition) is 4. The van der Waals surface area contributed by atoms with Crippen molar-refractivity contribution in [3.63, 3.8) is 0 Å². The third-order valence-electron chi connectivity index (χ3n) is 5.42. The molecule has 0 radical (unpaired) electrons. The van der Waals surface area contributed by atoms with Crippen LogP contribution in [0.15, 0.2) is 63.4 Å². The van der Waals surface area contributed by atoms with Gasteiger partial charge in [-0.25, -0.2) is 4.98 Å². The van der Waals surface area contributed by atoms with Crippen LogP contribution < -0.4 is 26.5 Å². The first-order valence-electron chi connectivity index (χ1n) is 10.9. The predicted molar refractivity (Wildman–Crippen MR) is 138 cm³/mol. The van der Waals surface area contributed by atoms with Crippen molar-refractivity contribution in [2.75, 3.05) is 17.2 Å². The Morgan fingerprint density at radius 3 is 2.71 bits per heavy atom. The summed E-state index contributed by atoms with van der Waals surface area (Å²) in [4.78, 5) is 54.3. The van der Waals surface area contributed by atoms with Crippen LogP contribution in [0.4, 0.5) is 5.13 Å². The first kappa shape index (κ1) is 27.2. The number of carbonyl (C=O) groups is 4. The number of oxime groups is 1. The summed E-state index contributed by atoms with van der Waals surface area (Å²) < 4.78 is 1.65. The van der Waals surface area contributed by atoms with Gasteiger partial charge in [-0.3, -0.25) is 19.3 Å². The van der Waals surface area contributed by atoms with Gasteiger partial charge in [0.15, 0.2) is 23.2 Å². The summed E-state index contributed by atoms with van der Waals surface area (Å²) in [7, 11) is 0. The highest BCUT2D eigenvalue weighted by atomic mass is 32.2. The number of aliphatic carboxylic acids is 1. The minimum atomic E-state index is -1.50. The number of nitrogens with zero attached hydrogens (tertiary/aromatic N) is 4. The summed E-state index contributed by atoms with van der Waals surface area (Å²) in [5.74, 6) is -2.62. The molecule has 4 rings (SSSR count). The number of allylic oxidation sites excluding steroid dienone is 1. The quantitative estimate of drug-likeness (QED) is 0.0639. The molecule has 16 heteroatoms. The summed E-state index contributed by atoms with van der Waals surface area (Å²) in [5.41, 5.74) is 10.5. The fourth-order valence-corrected chi connectivity index (χ4v) is 6.30. The molecule has 1 fully saturated rings. The Morgan fingerprint density at radius 1 is 1.37 bits per heavy atom. The van der Waals surface area contributed by atoms with Crippen molar-refractivity contribution in [3.05, 3.63) is 59.0 Å². The van der Waals surface area contributed by atoms with Crippen LogP contribution in [0.3, 0.4) is 0 Å². The fraction of sp³-hybridized carbons (Fsp3) is 0.227. The van der Waals surface area contributed by atoms with E-state index in [0.29, 0.717) is 11.3 Å².